The molecule has 2 N–H and O–H groups in total. The number of carbonyl (C=O) groups excluding carboxylic acids is 1. The fraction of sp³-hybridized carbons (Fsp3) is 0.667. The summed E-state index contributed by atoms with van der Waals surface area (Å²) in [6, 6.07) is 0. The van der Waals surface area contributed by atoms with Gasteiger partial charge < -0.3 is 10.3 Å². The highest BCUT2D eigenvalue weighted by atomic mass is 35.5. The first-order valence-electron chi connectivity index (χ1n) is 4.88. The second kappa shape index (κ2) is 4.80. The van der Waals surface area contributed by atoms with Gasteiger partial charge in [0.25, 0.3) is 5.91 Å². The van der Waals surface area contributed by atoms with Gasteiger partial charge >= 0.3 is 0 Å². The lowest BCUT2D eigenvalue weighted by molar-refractivity contribution is -0.115. The molecule has 6 heteroatoms. The number of hydrogen-bond acceptors (Lipinski definition) is 3. The van der Waals surface area contributed by atoms with Gasteiger partial charge in [-0.2, -0.15) is 0 Å². The topological polar surface area (TPSA) is 46.3 Å². The minimum atomic E-state index is -1.57. The summed E-state index contributed by atoms with van der Waals surface area (Å²) in [5, 5.41) is 2.16. The van der Waals surface area contributed by atoms with E-state index in [0.29, 0.717) is 11.6 Å². The van der Waals surface area contributed by atoms with Crippen molar-refractivity contribution < 1.29 is 4.79 Å². The average Bonchev–Trinajstić information content (AvgIpc) is 2.47. The van der Waals surface area contributed by atoms with Gasteiger partial charge in [0.2, 0.25) is 0 Å². The zero-order valence-electron chi connectivity index (χ0n) is 9.29. The smallest absolute Gasteiger partial charge is 0.264 e. The summed E-state index contributed by atoms with van der Waals surface area (Å²) in [5.41, 5.74) is 6.03. The Morgan fingerprint density at radius 2 is 2.27 bits per heavy atom. The number of nitrogens with two attached hydrogens (primary N) is 1. The van der Waals surface area contributed by atoms with Crippen LogP contribution in [0.15, 0.2) is 11.1 Å². The monoisotopic (exact) mass is 264 g/mol. The fourth-order valence-electron chi connectivity index (χ4n) is 1.68. The molecule has 0 aromatic heterocycles. The van der Waals surface area contributed by atoms with Gasteiger partial charge in [-0.3, -0.25) is 4.79 Å². The summed E-state index contributed by atoms with van der Waals surface area (Å²) in [5.74, 6) is 0.278. The summed E-state index contributed by atoms with van der Waals surface area (Å²) >= 11 is 7.41. The summed E-state index contributed by atoms with van der Waals surface area (Å²) in [6.07, 6.45) is 0.879. The third kappa shape index (κ3) is 2.92. The van der Waals surface area contributed by atoms with E-state index in [0.717, 1.165) is 6.42 Å². The maximum Gasteiger partial charge on any atom is 0.264 e. The van der Waals surface area contributed by atoms with Crippen molar-refractivity contribution in [1.82, 2.24) is 4.57 Å². The summed E-state index contributed by atoms with van der Waals surface area (Å²) in [6.45, 7) is 6.62. The molecule has 1 rings (SSSR count). The Morgan fingerprint density at radius 3 is 2.67 bits per heavy atom. The summed E-state index contributed by atoms with van der Waals surface area (Å²) in [7, 11) is -1.57. The summed E-state index contributed by atoms with van der Waals surface area (Å²) < 4.78 is 2.20. The maximum absolute atomic E-state index is 11.3. The van der Waals surface area contributed by atoms with Crippen LogP contribution in [0.4, 0.5) is 0 Å². The van der Waals surface area contributed by atoms with Gasteiger partial charge in [-0.25, -0.2) is 0 Å². The number of carbonyl (C=O) groups is 1. The quantitative estimate of drug-likeness (QED) is 0.625. The molecule has 0 spiro atoms. The highest BCUT2D eigenvalue weighted by Crippen LogP contribution is 2.37. The average molecular weight is 265 g/mol. The van der Waals surface area contributed by atoms with Crippen LogP contribution in [0.1, 0.15) is 6.42 Å². The number of alkyl halides is 1. The van der Waals surface area contributed by atoms with Crippen LogP contribution >= 0.6 is 23.4 Å². The molecule has 0 saturated carbocycles. The predicted octanol–water partition coefficient (Wildman–Crippen LogP) is 2.15. The molecule has 0 saturated heterocycles. The van der Waals surface area contributed by atoms with Gasteiger partial charge in [0, 0.05) is 11.3 Å². The number of amides is 1. The first-order chi connectivity index (χ1) is 6.88. The molecular weight excluding hydrogens is 248 g/mol. The molecule has 0 aliphatic carbocycles. The Morgan fingerprint density at radius 1 is 1.67 bits per heavy atom. The van der Waals surface area contributed by atoms with Crippen molar-refractivity contribution in [3.8, 4) is 0 Å². The van der Waals surface area contributed by atoms with Crippen LogP contribution in [0, 0.1) is 0 Å². The summed E-state index contributed by atoms with van der Waals surface area (Å²) in [4.78, 5) is 11.3. The van der Waals surface area contributed by atoms with Gasteiger partial charge in [0.1, 0.15) is 13.9 Å². The van der Waals surface area contributed by atoms with Crippen LogP contribution < -0.4 is 5.73 Å². The first-order valence-corrected chi connectivity index (χ1v) is 9.81. The minimum Gasteiger partial charge on any atom is -0.382 e. The zero-order chi connectivity index (χ0) is 11.6. The standard InChI is InChI=1S/C9H17ClN2OSSi/c1-15(2,3)12-7(9(11)13)6-14-8(12)4-5-10/h6,8H,4-5H2,1-3H3,(H2,11,13). The highest BCUT2D eigenvalue weighted by molar-refractivity contribution is 8.03. The molecule has 86 valence electrons. The number of rotatable bonds is 4. The SMILES string of the molecule is C[Si](C)(C)N1C(C(N)=O)=CSC1CCCl. The Hall–Kier alpha value is -0.133. The van der Waals surface area contributed by atoms with Crippen LogP contribution in [-0.4, -0.2) is 30.0 Å². The molecule has 0 fully saturated rings. The number of hydrogen-bond donors (Lipinski definition) is 1. The molecule has 1 heterocycles. The normalized spacial score (nSPS) is 21.7. The third-order valence-electron chi connectivity index (χ3n) is 2.22. The second-order valence-corrected chi connectivity index (χ2v) is 10.7. The minimum absolute atomic E-state index is 0.289. The molecule has 0 aromatic carbocycles. The van der Waals surface area contributed by atoms with Gasteiger partial charge in [0.05, 0.1) is 5.37 Å². The lowest BCUT2D eigenvalue weighted by atomic mass is 10.4. The number of nitrogens with zero attached hydrogens (tertiary/aromatic N) is 1. The molecule has 15 heavy (non-hydrogen) atoms. The molecule has 3 nitrogen and oxygen atoms in total. The third-order valence-corrected chi connectivity index (χ3v) is 5.74. The molecule has 1 aliphatic rings. The Bertz CT molecular complexity index is 290. The molecule has 1 atom stereocenters. The van der Waals surface area contributed by atoms with Crippen LogP contribution in [0.3, 0.4) is 0 Å². The fourth-order valence-corrected chi connectivity index (χ4v) is 6.13. The van der Waals surface area contributed by atoms with E-state index in [1.54, 1.807) is 11.8 Å². The van der Waals surface area contributed by atoms with Gasteiger partial charge in [-0.1, -0.05) is 19.6 Å². The number of primary amides is 1. The Labute approximate surface area is 101 Å². The van der Waals surface area contributed by atoms with Crippen LogP contribution in [0.2, 0.25) is 19.6 Å². The Balaban J connectivity index is 2.89. The van der Waals surface area contributed by atoms with E-state index < -0.39 is 8.24 Å². The van der Waals surface area contributed by atoms with Crippen molar-refractivity contribution >= 4 is 37.5 Å². The maximum atomic E-state index is 11.3. The molecule has 1 amide bonds. The molecule has 0 bridgehead atoms. The van der Waals surface area contributed by atoms with E-state index in [2.05, 4.69) is 24.2 Å². The van der Waals surface area contributed by atoms with Crippen molar-refractivity contribution in [3.05, 3.63) is 11.1 Å². The molecule has 0 radical (unpaired) electrons. The van der Waals surface area contributed by atoms with Crippen molar-refractivity contribution in [2.75, 3.05) is 5.88 Å². The molecule has 1 unspecified atom stereocenters. The predicted molar refractivity (Wildman–Crippen MR) is 69.2 cm³/mol. The lowest BCUT2D eigenvalue weighted by Crippen LogP contribution is -2.50. The van der Waals surface area contributed by atoms with Gasteiger partial charge in [-0.05, 0) is 6.42 Å². The van der Waals surface area contributed by atoms with E-state index >= 15 is 0 Å². The molecule has 0 aromatic rings. The number of halogens is 1. The van der Waals surface area contributed by atoms with Crippen LogP contribution in [0.25, 0.3) is 0 Å². The molecular formula is C9H17ClN2OSSi. The second-order valence-electron chi connectivity index (χ2n) is 4.48. The van der Waals surface area contributed by atoms with Gasteiger partial charge in [0.15, 0.2) is 0 Å². The number of thioether (sulfide) groups is 1. The van der Waals surface area contributed by atoms with E-state index in [9.17, 15) is 4.79 Å². The van der Waals surface area contributed by atoms with E-state index in [1.807, 2.05) is 5.41 Å². The lowest BCUT2D eigenvalue weighted by Gasteiger charge is -2.38. The van der Waals surface area contributed by atoms with Crippen molar-refractivity contribution in [2.45, 2.75) is 31.4 Å². The van der Waals surface area contributed by atoms with Crippen molar-refractivity contribution in [2.24, 2.45) is 5.73 Å². The van der Waals surface area contributed by atoms with E-state index in [-0.39, 0.29) is 11.3 Å². The highest BCUT2D eigenvalue weighted by Gasteiger charge is 2.37. The van der Waals surface area contributed by atoms with Crippen molar-refractivity contribution in [3.63, 3.8) is 0 Å². The van der Waals surface area contributed by atoms with Crippen LogP contribution in [-0.2, 0) is 4.79 Å². The Kier molecular flexibility index (Phi) is 4.14. The van der Waals surface area contributed by atoms with E-state index in [4.69, 9.17) is 17.3 Å². The molecule has 1 aliphatic heterocycles. The largest absolute Gasteiger partial charge is 0.382 e. The zero-order valence-corrected chi connectivity index (χ0v) is 11.9. The van der Waals surface area contributed by atoms with E-state index in [1.165, 1.54) is 0 Å². The van der Waals surface area contributed by atoms with Gasteiger partial charge in [-0.15, -0.1) is 23.4 Å². The van der Waals surface area contributed by atoms with Crippen LogP contribution in [0.5, 0.6) is 0 Å². The first kappa shape index (κ1) is 12.9. The van der Waals surface area contributed by atoms with Crippen molar-refractivity contribution in [1.29, 1.82) is 0 Å².